The highest BCUT2D eigenvalue weighted by Crippen LogP contribution is 2.33. The van der Waals surface area contributed by atoms with Gasteiger partial charge in [0, 0.05) is 17.6 Å². The highest BCUT2D eigenvalue weighted by Gasteiger charge is 2.08. The van der Waals surface area contributed by atoms with Crippen molar-refractivity contribution in [1.29, 1.82) is 5.26 Å². The quantitative estimate of drug-likeness (QED) is 0.888. The van der Waals surface area contributed by atoms with Crippen molar-refractivity contribution in [2.75, 3.05) is 6.54 Å². The highest BCUT2D eigenvalue weighted by atomic mass is 79.9. The maximum Gasteiger partial charge on any atom is 0.115 e. The van der Waals surface area contributed by atoms with Gasteiger partial charge in [-0.1, -0.05) is 24.8 Å². The van der Waals surface area contributed by atoms with Crippen LogP contribution in [0.15, 0.2) is 50.9 Å². The minimum atomic E-state index is 0.683. The summed E-state index contributed by atoms with van der Waals surface area (Å²) in [6.07, 6.45) is 1.75. The Hall–Kier alpha value is -1.35. The molecular weight excluding hydrogens is 334 g/mol. The first-order valence-corrected chi connectivity index (χ1v) is 7.87. The molecule has 0 atom stereocenters. The SMILES string of the molecule is CCNCc1ccc(Sc2ncccc2Br)c(C#N)c1. The number of nitriles is 1. The summed E-state index contributed by atoms with van der Waals surface area (Å²) in [4.78, 5) is 5.24. The molecule has 0 aliphatic carbocycles. The molecule has 102 valence electrons. The molecule has 1 aromatic carbocycles. The molecule has 0 saturated carbocycles. The van der Waals surface area contributed by atoms with Crippen LogP contribution in [0.2, 0.25) is 0 Å². The van der Waals surface area contributed by atoms with Gasteiger partial charge in [0.2, 0.25) is 0 Å². The molecule has 0 aliphatic rings. The number of aromatic nitrogens is 1. The number of nitrogens with one attached hydrogen (secondary N) is 1. The molecular formula is C15H14BrN3S. The van der Waals surface area contributed by atoms with Gasteiger partial charge in [-0.2, -0.15) is 5.26 Å². The summed E-state index contributed by atoms with van der Waals surface area (Å²) in [6, 6.07) is 12.0. The second-order valence-corrected chi connectivity index (χ2v) is 6.00. The van der Waals surface area contributed by atoms with Crippen molar-refractivity contribution in [3.63, 3.8) is 0 Å². The summed E-state index contributed by atoms with van der Waals surface area (Å²) in [5.74, 6) is 0. The molecule has 2 aromatic rings. The van der Waals surface area contributed by atoms with Gasteiger partial charge in [0.05, 0.1) is 10.0 Å². The van der Waals surface area contributed by atoms with E-state index in [-0.39, 0.29) is 0 Å². The molecule has 0 aliphatic heterocycles. The predicted octanol–water partition coefficient (Wildman–Crippen LogP) is 3.98. The lowest BCUT2D eigenvalue weighted by Crippen LogP contribution is -2.11. The molecule has 0 amide bonds. The predicted molar refractivity (Wildman–Crippen MR) is 84.6 cm³/mol. The molecule has 20 heavy (non-hydrogen) atoms. The van der Waals surface area contributed by atoms with Crippen molar-refractivity contribution in [3.8, 4) is 6.07 Å². The lowest BCUT2D eigenvalue weighted by molar-refractivity contribution is 0.726. The van der Waals surface area contributed by atoms with Crippen molar-refractivity contribution < 1.29 is 0 Å². The third-order valence-corrected chi connectivity index (χ3v) is 4.67. The van der Waals surface area contributed by atoms with Gasteiger partial charge < -0.3 is 5.32 Å². The van der Waals surface area contributed by atoms with Crippen molar-refractivity contribution in [3.05, 3.63) is 52.1 Å². The zero-order valence-corrected chi connectivity index (χ0v) is 13.5. The van der Waals surface area contributed by atoms with E-state index < -0.39 is 0 Å². The summed E-state index contributed by atoms with van der Waals surface area (Å²) < 4.78 is 0.936. The average Bonchev–Trinajstić information content (AvgIpc) is 2.48. The van der Waals surface area contributed by atoms with Gasteiger partial charge in [-0.3, -0.25) is 0 Å². The summed E-state index contributed by atoms with van der Waals surface area (Å²) in [7, 11) is 0. The summed E-state index contributed by atoms with van der Waals surface area (Å²) in [5, 5.41) is 13.4. The monoisotopic (exact) mass is 347 g/mol. The van der Waals surface area contributed by atoms with E-state index in [0.29, 0.717) is 5.56 Å². The van der Waals surface area contributed by atoms with Gasteiger partial charge >= 0.3 is 0 Å². The highest BCUT2D eigenvalue weighted by molar-refractivity contribution is 9.10. The van der Waals surface area contributed by atoms with Crippen LogP contribution in [-0.2, 0) is 6.54 Å². The van der Waals surface area contributed by atoms with Gasteiger partial charge in [-0.25, -0.2) is 4.98 Å². The molecule has 0 saturated heterocycles. The van der Waals surface area contributed by atoms with Gasteiger partial charge in [-0.05, 0) is 52.3 Å². The average molecular weight is 348 g/mol. The topological polar surface area (TPSA) is 48.7 Å². The molecule has 1 aromatic heterocycles. The fraction of sp³-hybridized carbons (Fsp3) is 0.200. The molecule has 0 spiro atoms. The number of hydrogen-bond donors (Lipinski definition) is 1. The lowest BCUT2D eigenvalue weighted by atomic mass is 10.1. The third-order valence-electron chi connectivity index (χ3n) is 2.67. The van der Waals surface area contributed by atoms with E-state index in [2.05, 4.69) is 39.2 Å². The molecule has 0 radical (unpaired) electrons. The van der Waals surface area contributed by atoms with E-state index in [9.17, 15) is 5.26 Å². The zero-order chi connectivity index (χ0) is 14.4. The Labute approximate surface area is 131 Å². The zero-order valence-electron chi connectivity index (χ0n) is 11.1. The van der Waals surface area contributed by atoms with E-state index in [4.69, 9.17) is 0 Å². The Morgan fingerprint density at radius 1 is 1.40 bits per heavy atom. The second-order valence-electron chi connectivity index (χ2n) is 4.12. The minimum absolute atomic E-state index is 0.683. The van der Waals surface area contributed by atoms with Crippen LogP contribution in [0.1, 0.15) is 18.1 Å². The molecule has 5 heteroatoms. The van der Waals surface area contributed by atoms with Crippen molar-refractivity contribution >= 4 is 27.7 Å². The summed E-state index contributed by atoms with van der Waals surface area (Å²) in [5.41, 5.74) is 1.80. The maximum absolute atomic E-state index is 9.30. The standard InChI is InChI=1S/C15H14BrN3S/c1-2-18-10-11-5-6-14(12(8-11)9-17)20-15-13(16)4-3-7-19-15/h3-8,18H,2,10H2,1H3. The second kappa shape index (κ2) is 7.44. The first-order valence-electron chi connectivity index (χ1n) is 6.26. The van der Waals surface area contributed by atoms with Gasteiger partial charge in [0.1, 0.15) is 11.1 Å². The van der Waals surface area contributed by atoms with E-state index in [1.165, 1.54) is 11.8 Å². The van der Waals surface area contributed by atoms with Gasteiger partial charge in [-0.15, -0.1) is 0 Å². The summed E-state index contributed by atoms with van der Waals surface area (Å²) >= 11 is 4.97. The molecule has 0 fully saturated rings. The van der Waals surface area contributed by atoms with E-state index in [0.717, 1.165) is 33.0 Å². The lowest BCUT2D eigenvalue weighted by Gasteiger charge is -2.07. The Bertz CT molecular complexity index is 637. The molecule has 0 unspecified atom stereocenters. The van der Waals surface area contributed by atoms with Crippen LogP contribution in [0.25, 0.3) is 0 Å². The molecule has 1 heterocycles. The molecule has 3 nitrogen and oxygen atoms in total. The number of benzene rings is 1. The Morgan fingerprint density at radius 3 is 2.95 bits per heavy atom. The first-order chi connectivity index (χ1) is 9.74. The molecule has 1 N–H and O–H groups in total. The maximum atomic E-state index is 9.30. The van der Waals surface area contributed by atoms with Crippen LogP contribution >= 0.6 is 27.7 Å². The third kappa shape index (κ3) is 3.83. The van der Waals surface area contributed by atoms with Crippen molar-refractivity contribution in [1.82, 2.24) is 10.3 Å². The normalized spacial score (nSPS) is 10.2. The van der Waals surface area contributed by atoms with Crippen LogP contribution in [-0.4, -0.2) is 11.5 Å². The number of nitrogens with zero attached hydrogens (tertiary/aromatic N) is 2. The van der Waals surface area contributed by atoms with E-state index >= 15 is 0 Å². The minimum Gasteiger partial charge on any atom is -0.313 e. The fourth-order valence-corrected chi connectivity index (χ4v) is 3.02. The van der Waals surface area contributed by atoms with E-state index in [1.54, 1.807) is 6.20 Å². The van der Waals surface area contributed by atoms with Crippen LogP contribution in [0.3, 0.4) is 0 Å². The Kier molecular flexibility index (Phi) is 5.60. The van der Waals surface area contributed by atoms with Gasteiger partial charge in [0.25, 0.3) is 0 Å². The van der Waals surface area contributed by atoms with Crippen LogP contribution in [0.4, 0.5) is 0 Å². The van der Waals surface area contributed by atoms with E-state index in [1.807, 2.05) is 30.3 Å². The molecule has 2 rings (SSSR count). The fourth-order valence-electron chi connectivity index (χ4n) is 1.68. The number of pyridine rings is 1. The van der Waals surface area contributed by atoms with Crippen LogP contribution < -0.4 is 5.32 Å². The Morgan fingerprint density at radius 2 is 2.25 bits per heavy atom. The number of halogens is 1. The number of rotatable bonds is 5. The van der Waals surface area contributed by atoms with Crippen molar-refractivity contribution in [2.24, 2.45) is 0 Å². The first kappa shape index (κ1) is 15.0. The largest absolute Gasteiger partial charge is 0.313 e. The van der Waals surface area contributed by atoms with Gasteiger partial charge in [0.15, 0.2) is 0 Å². The molecule has 0 bridgehead atoms. The smallest absolute Gasteiger partial charge is 0.115 e. The Balaban J connectivity index is 2.24. The van der Waals surface area contributed by atoms with Crippen molar-refractivity contribution in [2.45, 2.75) is 23.4 Å². The van der Waals surface area contributed by atoms with Crippen LogP contribution in [0, 0.1) is 11.3 Å². The summed E-state index contributed by atoms with van der Waals surface area (Å²) in [6.45, 7) is 3.76. The van der Waals surface area contributed by atoms with Crippen LogP contribution in [0.5, 0.6) is 0 Å². The number of hydrogen-bond acceptors (Lipinski definition) is 4.